The zero-order chi connectivity index (χ0) is 10.8. The maximum Gasteiger partial charge on any atom is 0.147 e. The number of hydrogen-bond acceptors (Lipinski definition) is 3. The van der Waals surface area contributed by atoms with Gasteiger partial charge in [-0.25, -0.2) is 4.39 Å². The first-order valence-electron chi connectivity index (χ1n) is 4.53. The van der Waals surface area contributed by atoms with Crippen LogP contribution in [0, 0.1) is 12.7 Å². The van der Waals surface area contributed by atoms with Crippen molar-refractivity contribution in [3.63, 3.8) is 0 Å². The highest BCUT2D eigenvalue weighted by Crippen LogP contribution is 2.27. The van der Waals surface area contributed by atoms with E-state index in [1.807, 2.05) is 13.0 Å². The number of hydrogen-bond donors (Lipinski definition) is 1. The summed E-state index contributed by atoms with van der Waals surface area (Å²) in [5.74, 6) is -0.476. The molecule has 1 unspecified atom stereocenters. The average molecular weight is 223 g/mol. The van der Waals surface area contributed by atoms with E-state index in [0.29, 0.717) is 4.88 Å². The third kappa shape index (κ3) is 2.06. The van der Waals surface area contributed by atoms with Crippen molar-refractivity contribution >= 4 is 11.3 Å². The highest BCUT2D eigenvalue weighted by atomic mass is 32.1. The van der Waals surface area contributed by atoms with E-state index in [9.17, 15) is 9.50 Å². The molecule has 0 aliphatic heterocycles. The summed E-state index contributed by atoms with van der Waals surface area (Å²) < 4.78 is 13.3. The number of aliphatic hydroxyl groups excluding tert-OH is 1. The van der Waals surface area contributed by atoms with Crippen LogP contribution in [0.25, 0.3) is 0 Å². The van der Waals surface area contributed by atoms with Crippen LogP contribution in [0.15, 0.2) is 30.5 Å². The molecule has 0 aliphatic carbocycles. The predicted molar refractivity (Wildman–Crippen MR) is 57.3 cm³/mol. The van der Waals surface area contributed by atoms with Gasteiger partial charge in [-0.15, -0.1) is 11.3 Å². The minimum atomic E-state index is -0.968. The number of aliphatic hydroxyl groups is 1. The van der Waals surface area contributed by atoms with Crippen molar-refractivity contribution < 1.29 is 9.50 Å². The zero-order valence-corrected chi connectivity index (χ0v) is 8.96. The highest BCUT2D eigenvalue weighted by molar-refractivity contribution is 7.12. The molecule has 2 nitrogen and oxygen atoms in total. The maximum atomic E-state index is 13.3. The maximum absolute atomic E-state index is 13.3. The Hall–Kier alpha value is -1.26. The Kier molecular flexibility index (Phi) is 2.79. The fourth-order valence-corrected chi connectivity index (χ4v) is 2.20. The number of nitrogens with zero attached hydrogens (tertiary/aromatic N) is 1. The lowest BCUT2D eigenvalue weighted by molar-refractivity contribution is 0.213. The standard InChI is InChI=1S/C11H10FNOS/c1-7-4-5-9(15-7)11(14)10-8(12)3-2-6-13-10/h2-6,11,14H,1H3. The Morgan fingerprint density at radius 1 is 1.40 bits per heavy atom. The molecular weight excluding hydrogens is 213 g/mol. The molecule has 0 bridgehead atoms. The lowest BCUT2D eigenvalue weighted by Crippen LogP contribution is -2.03. The quantitative estimate of drug-likeness (QED) is 0.849. The third-order valence-electron chi connectivity index (χ3n) is 2.08. The molecule has 0 saturated carbocycles. The summed E-state index contributed by atoms with van der Waals surface area (Å²) in [6, 6.07) is 6.49. The molecule has 1 atom stereocenters. The molecule has 15 heavy (non-hydrogen) atoms. The van der Waals surface area contributed by atoms with Crippen LogP contribution in [0.5, 0.6) is 0 Å². The summed E-state index contributed by atoms with van der Waals surface area (Å²) in [5, 5.41) is 9.89. The minimum Gasteiger partial charge on any atom is -0.381 e. The minimum absolute atomic E-state index is 0.0827. The molecule has 0 spiro atoms. The molecule has 1 N–H and O–H groups in total. The molecule has 0 saturated heterocycles. The van der Waals surface area contributed by atoms with E-state index < -0.39 is 11.9 Å². The summed E-state index contributed by atoms with van der Waals surface area (Å²) >= 11 is 1.44. The lowest BCUT2D eigenvalue weighted by atomic mass is 10.2. The molecular formula is C11H10FNOS. The summed E-state index contributed by atoms with van der Waals surface area (Å²) in [7, 11) is 0. The van der Waals surface area contributed by atoms with E-state index in [1.165, 1.54) is 29.7 Å². The van der Waals surface area contributed by atoms with Crippen molar-refractivity contribution in [2.75, 3.05) is 0 Å². The number of halogens is 1. The number of thiophene rings is 1. The second-order valence-corrected chi connectivity index (χ2v) is 4.54. The first kappa shape index (κ1) is 10.3. The molecule has 2 aromatic heterocycles. The summed E-state index contributed by atoms with van der Waals surface area (Å²) in [5.41, 5.74) is 0.0827. The molecule has 0 fully saturated rings. The van der Waals surface area contributed by atoms with Crippen LogP contribution in [-0.4, -0.2) is 10.1 Å². The molecule has 0 radical (unpaired) electrons. The fraction of sp³-hybridized carbons (Fsp3) is 0.182. The van der Waals surface area contributed by atoms with Crippen molar-refractivity contribution in [3.8, 4) is 0 Å². The number of pyridine rings is 1. The normalized spacial score (nSPS) is 12.7. The van der Waals surface area contributed by atoms with Crippen LogP contribution in [0.3, 0.4) is 0 Å². The van der Waals surface area contributed by atoms with Crippen LogP contribution in [-0.2, 0) is 0 Å². The zero-order valence-electron chi connectivity index (χ0n) is 8.14. The molecule has 2 rings (SSSR count). The molecule has 0 aliphatic rings. The monoisotopic (exact) mass is 223 g/mol. The average Bonchev–Trinajstić information content (AvgIpc) is 2.65. The van der Waals surface area contributed by atoms with E-state index in [-0.39, 0.29) is 5.69 Å². The van der Waals surface area contributed by atoms with Crippen molar-refractivity contribution in [2.24, 2.45) is 0 Å². The number of rotatable bonds is 2. The van der Waals surface area contributed by atoms with Gasteiger partial charge in [-0.3, -0.25) is 4.98 Å². The van der Waals surface area contributed by atoms with Gasteiger partial charge in [-0.1, -0.05) is 0 Å². The first-order valence-corrected chi connectivity index (χ1v) is 5.35. The Morgan fingerprint density at radius 3 is 2.80 bits per heavy atom. The van der Waals surface area contributed by atoms with E-state index >= 15 is 0 Å². The molecule has 0 amide bonds. The van der Waals surface area contributed by atoms with E-state index in [0.717, 1.165) is 4.88 Å². The van der Waals surface area contributed by atoms with Gasteiger partial charge in [0.2, 0.25) is 0 Å². The van der Waals surface area contributed by atoms with Gasteiger partial charge in [-0.2, -0.15) is 0 Å². The molecule has 78 valence electrons. The van der Waals surface area contributed by atoms with E-state index in [1.54, 1.807) is 6.07 Å². The van der Waals surface area contributed by atoms with E-state index in [2.05, 4.69) is 4.98 Å². The van der Waals surface area contributed by atoms with Crippen LogP contribution in [0.2, 0.25) is 0 Å². The van der Waals surface area contributed by atoms with Crippen molar-refractivity contribution in [1.29, 1.82) is 0 Å². The second kappa shape index (κ2) is 4.08. The molecule has 4 heteroatoms. The van der Waals surface area contributed by atoms with Gasteiger partial charge >= 0.3 is 0 Å². The van der Waals surface area contributed by atoms with Gasteiger partial charge in [0, 0.05) is 16.0 Å². The topological polar surface area (TPSA) is 33.1 Å². The molecule has 2 heterocycles. The largest absolute Gasteiger partial charge is 0.381 e. The van der Waals surface area contributed by atoms with Crippen LogP contribution >= 0.6 is 11.3 Å². The van der Waals surface area contributed by atoms with Crippen molar-refractivity contribution in [3.05, 3.63) is 51.7 Å². The fourth-order valence-electron chi connectivity index (χ4n) is 1.33. The summed E-state index contributed by atoms with van der Waals surface area (Å²) in [6.07, 6.45) is 0.507. The highest BCUT2D eigenvalue weighted by Gasteiger charge is 2.17. The van der Waals surface area contributed by atoms with Gasteiger partial charge in [0.25, 0.3) is 0 Å². The predicted octanol–water partition coefficient (Wildman–Crippen LogP) is 2.67. The van der Waals surface area contributed by atoms with Gasteiger partial charge in [-0.05, 0) is 31.2 Å². The number of aryl methyl sites for hydroxylation is 1. The smallest absolute Gasteiger partial charge is 0.147 e. The van der Waals surface area contributed by atoms with Crippen molar-refractivity contribution in [1.82, 2.24) is 4.98 Å². The number of aromatic nitrogens is 1. The summed E-state index contributed by atoms with van der Waals surface area (Å²) in [6.45, 7) is 1.94. The van der Waals surface area contributed by atoms with Crippen molar-refractivity contribution in [2.45, 2.75) is 13.0 Å². The lowest BCUT2D eigenvalue weighted by Gasteiger charge is -2.07. The Balaban J connectivity index is 2.36. The van der Waals surface area contributed by atoms with Crippen LogP contribution in [0.1, 0.15) is 21.6 Å². The Bertz CT molecular complexity index is 469. The summed E-state index contributed by atoms with van der Waals surface area (Å²) in [4.78, 5) is 5.64. The van der Waals surface area contributed by atoms with Gasteiger partial charge in [0.05, 0.1) is 0 Å². The SMILES string of the molecule is Cc1ccc(C(O)c2ncccc2F)s1. The van der Waals surface area contributed by atoms with Gasteiger partial charge in [0.15, 0.2) is 0 Å². The molecule has 2 aromatic rings. The van der Waals surface area contributed by atoms with Gasteiger partial charge < -0.3 is 5.11 Å². The Morgan fingerprint density at radius 2 is 2.20 bits per heavy atom. The Labute approximate surface area is 91.0 Å². The second-order valence-electron chi connectivity index (χ2n) is 3.22. The molecule has 0 aromatic carbocycles. The first-order chi connectivity index (χ1) is 7.18. The van der Waals surface area contributed by atoms with Crippen LogP contribution in [0.4, 0.5) is 4.39 Å². The third-order valence-corrected chi connectivity index (χ3v) is 3.13. The van der Waals surface area contributed by atoms with E-state index in [4.69, 9.17) is 0 Å². The van der Waals surface area contributed by atoms with Gasteiger partial charge in [0.1, 0.15) is 17.6 Å². The van der Waals surface area contributed by atoms with Crippen LogP contribution < -0.4 is 0 Å².